The average molecular weight is 345 g/mol. The fourth-order valence-corrected chi connectivity index (χ4v) is 5.15. The van der Waals surface area contributed by atoms with E-state index in [1.807, 2.05) is 13.8 Å². The van der Waals surface area contributed by atoms with E-state index in [2.05, 4.69) is 26.4 Å². The van der Waals surface area contributed by atoms with Gasteiger partial charge in [0.1, 0.15) is 0 Å². The molecule has 126 valence electrons. The van der Waals surface area contributed by atoms with Crippen LogP contribution in [0.25, 0.3) is 0 Å². The molecule has 1 saturated heterocycles. The molecule has 22 heavy (non-hydrogen) atoms. The van der Waals surface area contributed by atoms with Crippen molar-refractivity contribution < 1.29 is 8.42 Å². The molecule has 0 amide bonds. The quantitative estimate of drug-likeness (QED) is 0.826. The standard InChI is InChI=1S/C16H28N2O2S2/c1-14(2)13-22(19,20)17-11-16(15-7-10-21-12-15)18-8-5-3-4-6-9-18/h7,10,12,14,16-17H,3-6,8-9,11,13H2,1-2H3. The molecule has 4 nitrogen and oxygen atoms in total. The third-order valence-electron chi connectivity index (χ3n) is 4.06. The summed E-state index contributed by atoms with van der Waals surface area (Å²) in [6, 6.07) is 2.28. The van der Waals surface area contributed by atoms with Crippen molar-refractivity contribution in [3.05, 3.63) is 22.4 Å². The summed E-state index contributed by atoms with van der Waals surface area (Å²) in [4.78, 5) is 2.45. The molecule has 2 heterocycles. The summed E-state index contributed by atoms with van der Waals surface area (Å²) in [5.41, 5.74) is 1.24. The van der Waals surface area contributed by atoms with Crippen molar-refractivity contribution in [2.45, 2.75) is 45.6 Å². The fourth-order valence-electron chi connectivity index (χ4n) is 3.03. The molecule has 0 radical (unpaired) electrons. The van der Waals surface area contributed by atoms with Gasteiger partial charge in [0, 0.05) is 12.6 Å². The zero-order valence-corrected chi connectivity index (χ0v) is 15.3. The Kier molecular flexibility index (Phi) is 6.87. The third-order valence-corrected chi connectivity index (χ3v) is 6.47. The highest BCUT2D eigenvalue weighted by Gasteiger charge is 2.24. The maximum Gasteiger partial charge on any atom is 0.211 e. The molecule has 1 unspecified atom stereocenters. The largest absolute Gasteiger partial charge is 0.295 e. The van der Waals surface area contributed by atoms with E-state index in [0.717, 1.165) is 13.1 Å². The van der Waals surface area contributed by atoms with Gasteiger partial charge in [0.2, 0.25) is 10.0 Å². The number of sulfonamides is 1. The summed E-state index contributed by atoms with van der Waals surface area (Å²) < 4.78 is 27.1. The highest BCUT2D eigenvalue weighted by molar-refractivity contribution is 7.89. The molecule has 1 aliphatic heterocycles. The van der Waals surface area contributed by atoms with Crippen LogP contribution in [0.15, 0.2) is 16.8 Å². The first-order chi connectivity index (χ1) is 10.5. The van der Waals surface area contributed by atoms with Crippen LogP contribution in [0, 0.1) is 5.92 Å². The smallest absolute Gasteiger partial charge is 0.211 e. The van der Waals surface area contributed by atoms with Crippen LogP contribution in [0.3, 0.4) is 0 Å². The van der Waals surface area contributed by atoms with Crippen molar-refractivity contribution in [1.82, 2.24) is 9.62 Å². The lowest BCUT2D eigenvalue weighted by Crippen LogP contribution is -2.39. The number of likely N-dealkylation sites (tertiary alicyclic amines) is 1. The third kappa shape index (κ3) is 5.65. The summed E-state index contributed by atoms with van der Waals surface area (Å²) >= 11 is 1.68. The topological polar surface area (TPSA) is 49.4 Å². The van der Waals surface area contributed by atoms with Gasteiger partial charge in [-0.25, -0.2) is 13.1 Å². The van der Waals surface area contributed by atoms with Crippen molar-refractivity contribution in [3.63, 3.8) is 0 Å². The van der Waals surface area contributed by atoms with Gasteiger partial charge in [-0.2, -0.15) is 11.3 Å². The van der Waals surface area contributed by atoms with Crippen LogP contribution in [-0.2, 0) is 10.0 Å². The van der Waals surface area contributed by atoms with E-state index in [0.29, 0.717) is 6.54 Å². The molecule has 1 aromatic rings. The van der Waals surface area contributed by atoms with Gasteiger partial charge in [-0.05, 0) is 54.2 Å². The molecule has 2 rings (SSSR count). The molecule has 1 atom stereocenters. The summed E-state index contributed by atoms with van der Waals surface area (Å²) in [7, 11) is -3.19. The summed E-state index contributed by atoms with van der Waals surface area (Å²) in [6.07, 6.45) is 4.98. The van der Waals surface area contributed by atoms with Crippen LogP contribution in [0.2, 0.25) is 0 Å². The summed E-state index contributed by atoms with van der Waals surface area (Å²) in [5.74, 6) is 0.346. The second-order valence-corrected chi connectivity index (χ2v) is 9.18. The van der Waals surface area contributed by atoms with Crippen molar-refractivity contribution in [1.29, 1.82) is 0 Å². The molecule has 1 N–H and O–H groups in total. The Morgan fingerprint density at radius 3 is 2.45 bits per heavy atom. The van der Waals surface area contributed by atoms with Gasteiger partial charge in [0.25, 0.3) is 0 Å². The van der Waals surface area contributed by atoms with Crippen LogP contribution in [0.5, 0.6) is 0 Å². The second kappa shape index (κ2) is 8.43. The van der Waals surface area contributed by atoms with E-state index in [4.69, 9.17) is 0 Å². The minimum Gasteiger partial charge on any atom is -0.295 e. The van der Waals surface area contributed by atoms with Crippen LogP contribution < -0.4 is 4.72 Å². The molecule has 0 spiro atoms. The van der Waals surface area contributed by atoms with Gasteiger partial charge in [0.05, 0.1) is 5.75 Å². The Labute approximate surface area is 139 Å². The van der Waals surface area contributed by atoms with Gasteiger partial charge >= 0.3 is 0 Å². The predicted molar refractivity (Wildman–Crippen MR) is 93.7 cm³/mol. The number of hydrogen-bond donors (Lipinski definition) is 1. The molecule has 6 heteroatoms. The number of rotatable bonds is 7. The Morgan fingerprint density at radius 1 is 1.23 bits per heavy atom. The molecule has 1 aliphatic rings. The van der Waals surface area contributed by atoms with Crippen molar-refractivity contribution >= 4 is 21.4 Å². The first-order valence-corrected chi connectivity index (χ1v) is 10.8. The zero-order chi connectivity index (χ0) is 16.0. The Morgan fingerprint density at radius 2 is 1.91 bits per heavy atom. The lowest BCUT2D eigenvalue weighted by molar-refractivity contribution is 0.206. The van der Waals surface area contributed by atoms with E-state index < -0.39 is 10.0 Å². The monoisotopic (exact) mass is 344 g/mol. The maximum absolute atomic E-state index is 12.1. The first-order valence-electron chi connectivity index (χ1n) is 8.21. The molecular formula is C16H28N2O2S2. The maximum atomic E-state index is 12.1. The number of nitrogens with zero attached hydrogens (tertiary/aromatic N) is 1. The summed E-state index contributed by atoms with van der Waals surface area (Å²) in [5, 5.41) is 4.22. The van der Waals surface area contributed by atoms with Gasteiger partial charge in [-0.15, -0.1) is 0 Å². The molecule has 0 bridgehead atoms. The normalized spacial score (nSPS) is 19.2. The van der Waals surface area contributed by atoms with Crippen LogP contribution in [-0.4, -0.2) is 38.7 Å². The second-order valence-electron chi connectivity index (χ2n) is 6.55. The molecule has 0 aliphatic carbocycles. The number of thiophene rings is 1. The minimum atomic E-state index is -3.19. The zero-order valence-electron chi connectivity index (χ0n) is 13.6. The van der Waals surface area contributed by atoms with E-state index >= 15 is 0 Å². The van der Waals surface area contributed by atoms with E-state index in [9.17, 15) is 8.42 Å². The van der Waals surface area contributed by atoms with E-state index in [1.165, 1.54) is 31.2 Å². The van der Waals surface area contributed by atoms with Crippen molar-refractivity contribution in [3.8, 4) is 0 Å². The Balaban J connectivity index is 2.05. The highest BCUT2D eigenvalue weighted by atomic mass is 32.2. The van der Waals surface area contributed by atoms with Gasteiger partial charge < -0.3 is 0 Å². The first kappa shape index (κ1) is 17.9. The lowest BCUT2D eigenvalue weighted by Gasteiger charge is -2.30. The minimum absolute atomic E-state index is 0.148. The molecule has 0 saturated carbocycles. The van der Waals surface area contributed by atoms with Crippen molar-refractivity contribution in [2.24, 2.45) is 5.92 Å². The van der Waals surface area contributed by atoms with Gasteiger partial charge in [-0.3, -0.25) is 4.90 Å². The number of nitrogens with one attached hydrogen (secondary N) is 1. The Hall–Kier alpha value is -0.430. The molecule has 1 aromatic heterocycles. The molecule has 1 fully saturated rings. The van der Waals surface area contributed by atoms with Crippen LogP contribution in [0.4, 0.5) is 0 Å². The van der Waals surface area contributed by atoms with Crippen molar-refractivity contribution in [2.75, 3.05) is 25.4 Å². The van der Waals surface area contributed by atoms with Crippen LogP contribution >= 0.6 is 11.3 Å². The van der Waals surface area contributed by atoms with E-state index in [1.54, 1.807) is 11.3 Å². The summed E-state index contributed by atoms with van der Waals surface area (Å²) in [6.45, 7) is 6.47. The van der Waals surface area contributed by atoms with E-state index in [-0.39, 0.29) is 17.7 Å². The Bertz CT molecular complexity index is 518. The average Bonchev–Trinajstić information content (AvgIpc) is 2.81. The molecule has 0 aromatic carbocycles. The number of hydrogen-bond acceptors (Lipinski definition) is 4. The fraction of sp³-hybridized carbons (Fsp3) is 0.750. The van der Waals surface area contributed by atoms with Gasteiger partial charge in [0.15, 0.2) is 0 Å². The SMILES string of the molecule is CC(C)CS(=O)(=O)NCC(c1ccsc1)N1CCCCCC1. The van der Waals surface area contributed by atoms with Crippen LogP contribution in [0.1, 0.15) is 51.1 Å². The van der Waals surface area contributed by atoms with Gasteiger partial charge in [-0.1, -0.05) is 26.7 Å². The highest BCUT2D eigenvalue weighted by Crippen LogP contribution is 2.25. The lowest BCUT2D eigenvalue weighted by atomic mass is 10.1. The molecular weight excluding hydrogens is 316 g/mol. The predicted octanol–water partition coefficient (Wildman–Crippen LogP) is 3.24.